The normalized spacial score (nSPS) is 18.3. The first-order chi connectivity index (χ1) is 9.70. The lowest BCUT2D eigenvalue weighted by Gasteiger charge is -2.19. The molecule has 6 nitrogen and oxygen atoms in total. The summed E-state index contributed by atoms with van der Waals surface area (Å²) in [6.07, 6.45) is 2.24. The van der Waals surface area contributed by atoms with Crippen LogP contribution < -0.4 is 10.9 Å². The maximum atomic E-state index is 11.2. The Labute approximate surface area is 117 Å². The Kier molecular flexibility index (Phi) is 4.45. The second-order valence-electron chi connectivity index (χ2n) is 4.50. The van der Waals surface area contributed by atoms with E-state index in [4.69, 9.17) is 5.26 Å². The predicted octanol–water partition coefficient (Wildman–Crippen LogP) is 1.86. The minimum absolute atomic E-state index is 0.0497. The number of hydrazone groups is 2. The first kappa shape index (κ1) is 13.7. The van der Waals surface area contributed by atoms with Gasteiger partial charge in [-0.2, -0.15) is 15.5 Å². The third-order valence-corrected chi connectivity index (χ3v) is 2.91. The summed E-state index contributed by atoms with van der Waals surface area (Å²) in [5, 5.41) is 16.4. The van der Waals surface area contributed by atoms with Crippen molar-refractivity contribution in [2.24, 2.45) is 16.1 Å². The van der Waals surface area contributed by atoms with Crippen LogP contribution in [0.15, 0.2) is 34.5 Å². The highest BCUT2D eigenvalue weighted by Gasteiger charge is 2.21. The molecule has 0 aliphatic carbocycles. The molecule has 20 heavy (non-hydrogen) atoms. The van der Waals surface area contributed by atoms with Gasteiger partial charge >= 0.3 is 0 Å². The average Bonchev–Trinajstić information content (AvgIpc) is 2.45. The Balaban J connectivity index is 2.05. The monoisotopic (exact) mass is 269 g/mol. The molecule has 0 spiro atoms. The molecule has 0 aromatic heterocycles. The van der Waals surface area contributed by atoms with Crippen molar-refractivity contribution >= 4 is 23.5 Å². The number of anilines is 1. The summed E-state index contributed by atoms with van der Waals surface area (Å²) in [5.41, 5.74) is 8.02. The van der Waals surface area contributed by atoms with Gasteiger partial charge < -0.3 is 0 Å². The number of nitriles is 1. The molecule has 0 bridgehead atoms. The maximum Gasteiger partial charge on any atom is 0.240 e. The largest absolute Gasteiger partial charge is 0.279 e. The van der Waals surface area contributed by atoms with Gasteiger partial charge in [-0.25, -0.2) is 5.43 Å². The van der Waals surface area contributed by atoms with E-state index < -0.39 is 0 Å². The summed E-state index contributed by atoms with van der Waals surface area (Å²) >= 11 is 0. The van der Waals surface area contributed by atoms with E-state index in [9.17, 15) is 4.79 Å². The molecule has 6 heteroatoms. The molecular weight excluding hydrogens is 254 g/mol. The van der Waals surface area contributed by atoms with Crippen molar-refractivity contribution in [1.29, 1.82) is 5.26 Å². The fraction of sp³-hybridized carbons (Fsp3) is 0.286. The lowest BCUT2D eigenvalue weighted by molar-refractivity contribution is -0.121. The smallest absolute Gasteiger partial charge is 0.240 e. The summed E-state index contributed by atoms with van der Waals surface area (Å²) in [5.74, 6) is 0.0579. The molecule has 0 radical (unpaired) electrons. The number of amides is 1. The van der Waals surface area contributed by atoms with Crippen molar-refractivity contribution in [2.45, 2.75) is 19.8 Å². The first-order valence-electron chi connectivity index (χ1n) is 6.32. The molecular formula is C14H15N5O. The number of benzene rings is 1. The molecule has 102 valence electrons. The van der Waals surface area contributed by atoms with Gasteiger partial charge in [0.25, 0.3) is 0 Å². The van der Waals surface area contributed by atoms with Crippen molar-refractivity contribution in [3.05, 3.63) is 29.8 Å². The molecule has 2 rings (SSSR count). The number of carbonyl (C=O) groups excluding carboxylic acids is 1. The van der Waals surface area contributed by atoms with Crippen LogP contribution in [-0.2, 0) is 4.79 Å². The SMILES string of the molecule is CC1CC(=O)NN=C1c1ccc(NN=CCC#N)cc1. The lowest BCUT2D eigenvalue weighted by Crippen LogP contribution is -2.31. The number of nitrogens with one attached hydrogen (secondary N) is 2. The van der Waals surface area contributed by atoms with Gasteiger partial charge in [-0.15, -0.1) is 0 Å². The summed E-state index contributed by atoms with van der Waals surface area (Å²) in [7, 11) is 0. The molecule has 0 saturated carbocycles. The van der Waals surface area contributed by atoms with Gasteiger partial charge in [0.2, 0.25) is 5.91 Å². The number of hydrogen-bond donors (Lipinski definition) is 2. The van der Waals surface area contributed by atoms with Crippen LogP contribution in [0.5, 0.6) is 0 Å². The van der Waals surface area contributed by atoms with Crippen molar-refractivity contribution in [1.82, 2.24) is 5.43 Å². The van der Waals surface area contributed by atoms with E-state index >= 15 is 0 Å². The van der Waals surface area contributed by atoms with Gasteiger partial charge in [0.15, 0.2) is 0 Å². The average molecular weight is 269 g/mol. The fourth-order valence-electron chi connectivity index (χ4n) is 1.92. The van der Waals surface area contributed by atoms with Crippen LogP contribution >= 0.6 is 0 Å². The van der Waals surface area contributed by atoms with Gasteiger partial charge in [0.05, 0.1) is 23.9 Å². The van der Waals surface area contributed by atoms with Crippen LogP contribution in [0.1, 0.15) is 25.3 Å². The Bertz CT molecular complexity index is 583. The number of nitrogens with zero attached hydrogens (tertiary/aromatic N) is 3. The molecule has 1 atom stereocenters. The minimum Gasteiger partial charge on any atom is -0.279 e. The topological polar surface area (TPSA) is 89.6 Å². The molecule has 1 heterocycles. The highest BCUT2D eigenvalue weighted by atomic mass is 16.2. The standard InChI is InChI=1S/C14H15N5O/c1-10-9-13(20)18-19-14(10)11-3-5-12(6-4-11)17-16-8-2-7-15/h3-6,8,10,17H,2,9H2,1H3,(H,18,20). The lowest BCUT2D eigenvalue weighted by atomic mass is 9.94. The Morgan fingerprint density at radius 1 is 1.55 bits per heavy atom. The van der Waals surface area contributed by atoms with E-state index in [1.165, 1.54) is 6.21 Å². The minimum atomic E-state index is -0.0497. The van der Waals surface area contributed by atoms with E-state index in [1.807, 2.05) is 37.3 Å². The molecule has 1 aromatic carbocycles. The van der Waals surface area contributed by atoms with Crippen molar-refractivity contribution < 1.29 is 4.79 Å². The summed E-state index contributed by atoms with van der Waals surface area (Å²) < 4.78 is 0. The van der Waals surface area contributed by atoms with Gasteiger partial charge in [-0.05, 0) is 17.7 Å². The van der Waals surface area contributed by atoms with E-state index in [2.05, 4.69) is 21.1 Å². The first-order valence-corrected chi connectivity index (χ1v) is 6.32. The van der Waals surface area contributed by atoms with Crippen LogP contribution in [0.2, 0.25) is 0 Å². The Morgan fingerprint density at radius 2 is 2.30 bits per heavy atom. The molecule has 1 aliphatic rings. The van der Waals surface area contributed by atoms with Crippen LogP contribution in [0.25, 0.3) is 0 Å². The van der Waals surface area contributed by atoms with Crippen LogP contribution in [0.3, 0.4) is 0 Å². The summed E-state index contributed by atoms with van der Waals surface area (Å²) in [6, 6.07) is 9.59. The number of rotatable bonds is 4. The Morgan fingerprint density at radius 3 is 2.95 bits per heavy atom. The molecule has 0 saturated heterocycles. The second kappa shape index (κ2) is 6.48. The van der Waals surface area contributed by atoms with Gasteiger partial charge in [0.1, 0.15) is 0 Å². The number of hydrogen-bond acceptors (Lipinski definition) is 5. The van der Waals surface area contributed by atoms with E-state index in [0.29, 0.717) is 6.42 Å². The summed E-state index contributed by atoms with van der Waals surface area (Å²) in [6.45, 7) is 1.98. The van der Waals surface area contributed by atoms with Crippen LogP contribution in [0.4, 0.5) is 5.69 Å². The third-order valence-electron chi connectivity index (χ3n) is 2.91. The maximum absolute atomic E-state index is 11.2. The Hall–Kier alpha value is -2.68. The van der Waals surface area contributed by atoms with Gasteiger partial charge in [-0.1, -0.05) is 19.1 Å². The van der Waals surface area contributed by atoms with Crippen molar-refractivity contribution in [2.75, 3.05) is 5.43 Å². The molecule has 1 aliphatic heterocycles. The van der Waals surface area contributed by atoms with E-state index in [1.54, 1.807) is 0 Å². The number of carbonyl (C=O) groups is 1. The molecule has 1 aromatic rings. The zero-order valence-corrected chi connectivity index (χ0v) is 11.1. The van der Waals surface area contributed by atoms with Crippen LogP contribution in [0, 0.1) is 17.2 Å². The predicted molar refractivity (Wildman–Crippen MR) is 77.2 cm³/mol. The highest BCUT2D eigenvalue weighted by molar-refractivity contribution is 6.05. The second-order valence-corrected chi connectivity index (χ2v) is 4.50. The molecule has 2 N–H and O–H groups in total. The zero-order chi connectivity index (χ0) is 14.4. The third kappa shape index (κ3) is 3.42. The highest BCUT2D eigenvalue weighted by Crippen LogP contribution is 2.18. The molecule has 1 unspecified atom stereocenters. The molecule has 1 amide bonds. The van der Waals surface area contributed by atoms with E-state index in [-0.39, 0.29) is 18.2 Å². The quantitative estimate of drug-likeness (QED) is 0.645. The van der Waals surface area contributed by atoms with E-state index in [0.717, 1.165) is 17.0 Å². The van der Waals surface area contributed by atoms with Gasteiger partial charge in [-0.3, -0.25) is 10.2 Å². The van der Waals surface area contributed by atoms with Crippen molar-refractivity contribution in [3.8, 4) is 6.07 Å². The van der Waals surface area contributed by atoms with Crippen LogP contribution in [-0.4, -0.2) is 17.8 Å². The van der Waals surface area contributed by atoms with Gasteiger partial charge in [0, 0.05) is 18.6 Å². The zero-order valence-electron chi connectivity index (χ0n) is 11.1. The van der Waals surface area contributed by atoms with Crippen molar-refractivity contribution in [3.63, 3.8) is 0 Å². The molecule has 0 fully saturated rings. The fourth-order valence-corrected chi connectivity index (χ4v) is 1.92. The summed E-state index contributed by atoms with van der Waals surface area (Å²) in [4.78, 5) is 11.2.